The van der Waals surface area contributed by atoms with E-state index in [0.29, 0.717) is 24.1 Å². The van der Waals surface area contributed by atoms with Gasteiger partial charge in [0.15, 0.2) is 0 Å². The second-order valence-corrected chi connectivity index (χ2v) is 11.8. The fraction of sp³-hybridized carbons (Fsp3) is 0.353. The summed E-state index contributed by atoms with van der Waals surface area (Å²) in [4.78, 5) is 17.5. The predicted octanol–water partition coefficient (Wildman–Crippen LogP) is 5.90. The van der Waals surface area contributed by atoms with Gasteiger partial charge in [-0.1, -0.05) is 60.7 Å². The smallest absolute Gasteiger partial charge is 0.255 e. The molecule has 0 spiro atoms. The maximum atomic E-state index is 13.2. The summed E-state index contributed by atoms with van der Waals surface area (Å²) in [5, 5.41) is 27.3. The molecular weight excluding hydrogens is 484 g/mol. The first kappa shape index (κ1) is 25.7. The van der Waals surface area contributed by atoms with Crippen LogP contribution in [0.3, 0.4) is 0 Å². The van der Waals surface area contributed by atoms with Crippen molar-refractivity contribution in [2.24, 2.45) is 11.8 Å². The first-order valence-corrected chi connectivity index (χ1v) is 13.9. The van der Waals surface area contributed by atoms with Gasteiger partial charge in [0.2, 0.25) is 0 Å². The van der Waals surface area contributed by atoms with Gasteiger partial charge in [-0.3, -0.25) is 9.78 Å². The first-order valence-electron chi connectivity index (χ1n) is 13.9. The number of aromatic nitrogens is 1. The second kappa shape index (κ2) is 9.58. The van der Waals surface area contributed by atoms with Crippen LogP contribution in [0.25, 0.3) is 0 Å². The minimum atomic E-state index is -1.32. The standard InChI is InChI=1S/C34H36N2O3/c1-23-30(14-9-19-35-23)36-31(37)25-16-18-29-24(20-25)15-17-28-21-34(39,27-12-7-4-8-13-27)32(2,38)22-33(28,29)26-10-5-3-6-11-26/h3-12,14,16,18-20,27-28,38-39H,13,15,17,21-22H2,1-2H3,(H,36,37)/t27?,28-,32-,33?,34-/m1/s1. The van der Waals surface area contributed by atoms with Crippen LogP contribution in [0, 0.1) is 18.8 Å². The van der Waals surface area contributed by atoms with E-state index in [1.54, 1.807) is 6.20 Å². The number of hydrogen-bond donors (Lipinski definition) is 3. The molecule has 6 rings (SSSR count). The fourth-order valence-electron chi connectivity index (χ4n) is 7.51. The number of nitrogens with one attached hydrogen (secondary N) is 1. The van der Waals surface area contributed by atoms with Crippen LogP contribution in [0.2, 0.25) is 0 Å². The van der Waals surface area contributed by atoms with Gasteiger partial charge in [0.05, 0.1) is 22.6 Å². The lowest BCUT2D eigenvalue weighted by atomic mass is 9.46. The van der Waals surface area contributed by atoms with Crippen LogP contribution >= 0.6 is 0 Å². The zero-order valence-corrected chi connectivity index (χ0v) is 22.6. The Balaban J connectivity index is 1.42. The van der Waals surface area contributed by atoms with Gasteiger partial charge in [-0.25, -0.2) is 0 Å². The number of pyridine rings is 1. The van der Waals surface area contributed by atoms with Crippen molar-refractivity contribution in [3.05, 3.63) is 119 Å². The number of benzene rings is 2. The molecule has 3 aromatic rings. The van der Waals surface area contributed by atoms with Crippen molar-refractivity contribution < 1.29 is 15.0 Å². The SMILES string of the molecule is Cc1ncccc1NC(=O)c1ccc2c(c1)CC[C@@H]1C[C@@](O)(C3C=CC=CC3)[C@](C)(O)CC21c1ccccc1. The number of rotatable bonds is 4. The topological polar surface area (TPSA) is 82.5 Å². The van der Waals surface area contributed by atoms with Crippen molar-refractivity contribution in [3.63, 3.8) is 0 Å². The quantitative estimate of drug-likeness (QED) is 0.400. The van der Waals surface area contributed by atoms with Crippen LogP contribution in [0.1, 0.15) is 65.3 Å². The van der Waals surface area contributed by atoms with Crippen LogP contribution in [0.5, 0.6) is 0 Å². The summed E-state index contributed by atoms with van der Waals surface area (Å²) in [5.74, 6) is -0.142. The van der Waals surface area contributed by atoms with Gasteiger partial charge in [-0.2, -0.15) is 0 Å². The highest BCUT2D eigenvalue weighted by Gasteiger charge is 2.63. The summed E-state index contributed by atoms with van der Waals surface area (Å²) in [6, 6.07) is 20.1. The number of carbonyl (C=O) groups is 1. The number of nitrogens with zero attached hydrogens (tertiary/aromatic N) is 1. The highest BCUT2D eigenvalue weighted by atomic mass is 16.4. The molecule has 3 aliphatic rings. The zero-order chi connectivity index (χ0) is 27.3. The molecule has 39 heavy (non-hydrogen) atoms. The average molecular weight is 521 g/mol. The number of fused-ring (bicyclic) bond motifs is 3. The summed E-state index contributed by atoms with van der Waals surface area (Å²) < 4.78 is 0. The Kier molecular flexibility index (Phi) is 6.32. The van der Waals surface area contributed by atoms with Crippen molar-refractivity contribution in [2.75, 3.05) is 5.32 Å². The Morgan fingerprint density at radius 2 is 1.87 bits per heavy atom. The molecule has 1 fully saturated rings. The van der Waals surface area contributed by atoms with E-state index in [2.05, 4.69) is 52.8 Å². The highest BCUT2D eigenvalue weighted by molar-refractivity contribution is 6.04. The van der Waals surface area contributed by atoms with Crippen molar-refractivity contribution in [1.82, 2.24) is 4.98 Å². The fourth-order valence-corrected chi connectivity index (χ4v) is 7.51. The van der Waals surface area contributed by atoms with Crippen molar-refractivity contribution in [2.45, 2.75) is 62.6 Å². The van der Waals surface area contributed by atoms with E-state index in [9.17, 15) is 15.0 Å². The molecule has 3 aliphatic carbocycles. The van der Waals surface area contributed by atoms with Gasteiger partial charge in [-0.05, 0) is 92.8 Å². The van der Waals surface area contributed by atoms with E-state index in [4.69, 9.17) is 0 Å². The Hall–Kier alpha value is -3.54. The van der Waals surface area contributed by atoms with Crippen LogP contribution in [-0.2, 0) is 11.8 Å². The predicted molar refractivity (Wildman–Crippen MR) is 154 cm³/mol. The number of aryl methyl sites for hydroxylation is 2. The Bertz CT molecular complexity index is 1460. The lowest BCUT2D eigenvalue weighted by Gasteiger charge is -2.60. The molecule has 2 unspecified atom stereocenters. The Morgan fingerprint density at radius 3 is 2.62 bits per heavy atom. The molecule has 200 valence electrons. The maximum Gasteiger partial charge on any atom is 0.255 e. The van der Waals surface area contributed by atoms with E-state index < -0.39 is 16.6 Å². The largest absolute Gasteiger partial charge is 0.387 e. The van der Waals surface area contributed by atoms with E-state index >= 15 is 0 Å². The second-order valence-electron chi connectivity index (χ2n) is 11.8. The molecule has 1 amide bonds. The number of allylic oxidation sites excluding steroid dienone is 3. The third-order valence-corrected chi connectivity index (χ3v) is 9.56. The Labute approximate surface area is 230 Å². The first-order chi connectivity index (χ1) is 18.7. The van der Waals surface area contributed by atoms with Crippen molar-refractivity contribution >= 4 is 11.6 Å². The van der Waals surface area contributed by atoms with Crippen molar-refractivity contribution in [1.29, 1.82) is 0 Å². The molecular formula is C34H36N2O3. The third-order valence-electron chi connectivity index (χ3n) is 9.56. The highest BCUT2D eigenvalue weighted by Crippen LogP contribution is 2.60. The molecule has 3 N–H and O–H groups in total. The molecule has 0 radical (unpaired) electrons. The number of anilines is 1. The zero-order valence-electron chi connectivity index (χ0n) is 22.6. The molecule has 1 heterocycles. The number of aliphatic hydroxyl groups is 2. The normalized spacial score (nSPS) is 31.3. The average Bonchev–Trinajstić information content (AvgIpc) is 2.95. The van der Waals surface area contributed by atoms with Crippen LogP contribution < -0.4 is 5.32 Å². The number of amides is 1. The molecule has 5 heteroatoms. The van der Waals surface area contributed by atoms with Gasteiger partial charge < -0.3 is 15.5 Å². The summed E-state index contributed by atoms with van der Waals surface area (Å²) in [6.07, 6.45) is 13.2. The maximum absolute atomic E-state index is 13.2. The summed E-state index contributed by atoms with van der Waals surface area (Å²) >= 11 is 0. The van der Waals surface area contributed by atoms with Gasteiger partial charge >= 0.3 is 0 Å². The third kappa shape index (κ3) is 4.16. The summed E-state index contributed by atoms with van der Waals surface area (Å²) in [5.41, 5.74) is 2.52. The summed E-state index contributed by atoms with van der Waals surface area (Å²) in [6.45, 7) is 3.69. The molecule has 2 aromatic carbocycles. The molecule has 0 saturated heterocycles. The molecule has 1 saturated carbocycles. The van der Waals surface area contributed by atoms with E-state index in [1.807, 2.05) is 56.3 Å². The van der Waals surface area contributed by atoms with E-state index in [0.717, 1.165) is 41.6 Å². The minimum absolute atomic E-state index is 0.130. The lowest BCUT2D eigenvalue weighted by Crippen LogP contribution is -2.66. The van der Waals surface area contributed by atoms with Gasteiger partial charge in [-0.15, -0.1) is 0 Å². The number of hydrogen-bond acceptors (Lipinski definition) is 4. The van der Waals surface area contributed by atoms with Crippen LogP contribution in [0.4, 0.5) is 5.69 Å². The molecule has 1 aromatic heterocycles. The molecule has 0 bridgehead atoms. The number of carbonyl (C=O) groups excluding carboxylic acids is 1. The van der Waals surface area contributed by atoms with Crippen LogP contribution in [0.15, 0.2) is 91.2 Å². The summed E-state index contributed by atoms with van der Waals surface area (Å²) in [7, 11) is 0. The van der Waals surface area contributed by atoms with Gasteiger partial charge in [0.1, 0.15) is 0 Å². The molecule has 5 atom stereocenters. The molecule has 5 nitrogen and oxygen atoms in total. The van der Waals surface area contributed by atoms with E-state index in [1.165, 1.54) is 0 Å². The van der Waals surface area contributed by atoms with E-state index in [-0.39, 0.29) is 17.7 Å². The van der Waals surface area contributed by atoms with Gasteiger partial charge in [0.25, 0.3) is 5.91 Å². The lowest BCUT2D eigenvalue weighted by molar-refractivity contribution is -0.211. The van der Waals surface area contributed by atoms with Crippen molar-refractivity contribution in [3.8, 4) is 0 Å². The minimum Gasteiger partial charge on any atom is -0.387 e. The van der Waals surface area contributed by atoms with Gasteiger partial charge in [0, 0.05) is 23.1 Å². The Morgan fingerprint density at radius 1 is 1.05 bits per heavy atom. The monoisotopic (exact) mass is 520 g/mol. The molecule has 0 aliphatic heterocycles. The van der Waals surface area contributed by atoms with Crippen LogP contribution in [-0.4, -0.2) is 32.3 Å².